The Kier molecular flexibility index (Phi) is 4.87. The van der Waals surface area contributed by atoms with Crippen molar-refractivity contribution in [1.82, 2.24) is 0 Å². The summed E-state index contributed by atoms with van der Waals surface area (Å²) in [7, 11) is 0. The van der Waals surface area contributed by atoms with Crippen LogP contribution in [-0.4, -0.2) is 13.2 Å². The second-order valence-corrected chi connectivity index (χ2v) is 5.55. The van der Waals surface area contributed by atoms with E-state index >= 15 is 0 Å². The van der Waals surface area contributed by atoms with Crippen LogP contribution in [-0.2, 0) is 4.74 Å². The van der Waals surface area contributed by atoms with Crippen molar-refractivity contribution in [3.63, 3.8) is 0 Å². The molecule has 1 heterocycles. The molecule has 0 spiro atoms. The maximum atomic E-state index is 6.54. The molecule has 1 aromatic carbocycles. The van der Waals surface area contributed by atoms with Crippen LogP contribution in [0.15, 0.2) is 30.3 Å². The van der Waals surface area contributed by atoms with Gasteiger partial charge in [0.15, 0.2) is 0 Å². The molecule has 1 fully saturated rings. The predicted octanol–water partition coefficient (Wildman–Crippen LogP) is 4.42. The third kappa shape index (κ3) is 3.72. The molecular formula is C15H21ClO. The Labute approximate surface area is 109 Å². The van der Waals surface area contributed by atoms with Crippen LogP contribution in [0.2, 0.25) is 0 Å². The van der Waals surface area contributed by atoms with Crippen LogP contribution in [0.3, 0.4) is 0 Å². The minimum atomic E-state index is 0.138. The van der Waals surface area contributed by atoms with E-state index < -0.39 is 0 Å². The van der Waals surface area contributed by atoms with E-state index in [0.29, 0.717) is 5.92 Å². The van der Waals surface area contributed by atoms with E-state index in [4.69, 9.17) is 16.3 Å². The fraction of sp³-hybridized carbons (Fsp3) is 0.600. The molecule has 1 aliphatic heterocycles. The zero-order chi connectivity index (χ0) is 12.1. The summed E-state index contributed by atoms with van der Waals surface area (Å²) in [6.07, 6.45) is 3.61. The van der Waals surface area contributed by atoms with Gasteiger partial charge in [0.1, 0.15) is 0 Å². The SMILES string of the molecule is CC(CC1CCOCC1)C(Cl)c1ccccc1. The first-order chi connectivity index (χ1) is 8.27. The first-order valence-electron chi connectivity index (χ1n) is 6.54. The molecule has 0 saturated carbocycles. The molecule has 0 amide bonds. The van der Waals surface area contributed by atoms with Gasteiger partial charge in [-0.1, -0.05) is 37.3 Å². The predicted molar refractivity (Wildman–Crippen MR) is 72.4 cm³/mol. The summed E-state index contributed by atoms with van der Waals surface area (Å²) in [6.45, 7) is 4.12. The molecule has 1 aromatic rings. The quantitative estimate of drug-likeness (QED) is 0.721. The number of hydrogen-bond acceptors (Lipinski definition) is 1. The highest BCUT2D eigenvalue weighted by Crippen LogP contribution is 2.35. The number of alkyl halides is 1. The van der Waals surface area contributed by atoms with E-state index in [0.717, 1.165) is 19.1 Å². The van der Waals surface area contributed by atoms with E-state index in [1.807, 2.05) is 6.07 Å². The average molecular weight is 253 g/mol. The highest BCUT2D eigenvalue weighted by molar-refractivity contribution is 6.20. The summed E-state index contributed by atoms with van der Waals surface area (Å²) >= 11 is 6.54. The second-order valence-electron chi connectivity index (χ2n) is 5.08. The number of halogens is 1. The molecule has 2 rings (SSSR count). The summed E-state index contributed by atoms with van der Waals surface area (Å²) < 4.78 is 5.39. The lowest BCUT2D eigenvalue weighted by Crippen LogP contribution is -2.19. The van der Waals surface area contributed by atoms with Crippen molar-refractivity contribution in [1.29, 1.82) is 0 Å². The van der Waals surface area contributed by atoms with E-state index in [1.165, 1.54) is 24.8 Å². The van der Waals surface area contributed by atoms with Gasteiger partial charge < -0.3 is 4.74 Å². The molecule has 0 aromatic heterocycles. The van der Waals surface area contributed by atoms with Gasteiger partial charge in [-0.2, -0.15) is 0 Å². The Morgan fingerprint density at radius 2 is 1.88 bits per heavy atom. The molecule has 0 aliphatic carbocycles. The van der Waals surface area contributed by atoms with Gasteiger partial charge in [0.25, 0.3) is 0 Å². The lowest BCUT2D eigenvalue weighted by Gasteiger charge is -2.27. The average Bonchev–Trinajstić information content (AvgIpc) is 2.40. The maximum Gasteiger partial charge on any atom is 0.0610 e. The van der Waals surface area contributed by atoms with E-state index in [9.17, 15) is 0 Å². The Hall–Kier alpha value is -0.530. The number of ether oxygens (including phenoxy) is 1. The van der Waals surface area contributed by atoms with Gasteiger partial charge in [0.2, 0.25) is 0 Å². The molecule has 1 aliphatic rings. The van der Waals surface area contributed by atoms with Crippen molar-refractivity contribution in [2.75, 3.05) is 13.2 Å². The molecular weight excluding hydrogens is 232 g/mol. The highest BCUT2D eigenvalue weighted by atomic mass is 35.5. The zero-order valence-electron chi connectivity index (χ0n) is 10.4. The van der Waals surface area contributed by atoms with Crippen molar-refractivity contribution in [2.45, 2.75) is 31.6 Å². The lowest BCUT2D eigenvalue weighted by molar-refractivity contribution is 0.0592. The molecule has 0 radical (unpaired) electrons. The van der Waals surface area contributed by atoms with Crippen molar-refractivity contribution >= 4 is 11.6 Å². The van der Waals surface area contributed by atoms with Crippen LogP contribution < -0.4 is 0 Å². The van der Waals surface area contributed by atoms with Crippen LogP contribution in [0.1, 0.15) is 37.1 Å². The highest BCUT2D eigenvalue weighted by Gasteiger charge is 2.22. The van der Waals surface area contributed by atoms with Gasteiger partial charge in [-0.3, -0.25) is 0 Å². The van der Waals surface area contributed by atoms with Crippen molar-refractivity contribution < 1.29 is 4.74 Å². The number of hydrogen-bond donors (Lipinski definition) is 0. The standard InChI is InChI=1S/C15H21ClO/c1-12(11-13-7-9-17-10-8-13)15(16)14-5-3-2-4-6-14/h2-6,12-13,15H,7-11H2,1H3. The Bertz CT molecular complexity index is 319. The molecule has 2 unspecified atom stereocenters. The first kappa shape index (κ1) is 12.9. The van der Waals surface area contributed by atoms with E-state index in [2.05, 4.69) is 31.2 Å². The maximum absolute atomic E-state index is 6.54. The third-order valence-corrected chi connectivity index (χ3v) is 4.35. The Morgan fingerprint density at radius 3 is 2.53 bits per heavy atom. The van der Waals surface area contributed by atoms with Crippen molar-refractivity contribution in [3.8, 4) is 0 Å². The Morgan fingerprint density at radius 1 is 1.24 bits per heavy atom. The van der Waals surface area contributed by atoms with Gasteiger partial charge >= 0.3 is 0 Å². The zero-order valence-corrected chi connectivity index (χ0v) is 11.2. The number of rotatable bonds is 4. The summed E-state index contributed by atoms with van der Waals surface area (Å²) in [6, 6.07) is 10.4. The summed E-state index contributed by atoms with van der Waals surface area (Å²) in [5.41, 5.74) is 1.24. The van der Waals surface area contributed by atoms with Gasteiger partial charge in [-0.25, -0.2) is 0 Å². The van der Waals surface area contributed by atoms with Crippen molar-refractivity contribution in [2.24, 2.45) is 11.8 Å². The van der Waals surface area contributed by atoms with Crippen LogP contribution in [0.5, 0.6) is 0 Å². The fourth-order valence-corrected chi connectivity index (χ4v) is 2.84. The molecule has 1 saturated heterocycles. The Balaban J connectivity index is 1.88. The first-order valence-corrected chi connectivity index (χ1v) is 6.98. The summed E-state index contributed by atoms with van der Waals surface area (Å²) in [4.78, 5) is 0. The van der Waals surface area contributed by atoms with Gasteiger partial charge in [-0.15, -0.1) is 11.6 Å². The van der Waals surface area contributed by atoms with E-state index in [-0.39, 0.29) is 5.38 Å². The summed E-state index contributed by atoms with van der Waals surface area (Å²) in [5, 5.41) is 0.138. The molecule has 2 heteroatoms. The van der Waals surface area contributed by atoms with Gasteiger partial charge in [-0.05, 0) is 36.7 Å². The molecule has 94 valence electrons. The third-order valence-electron chi connectivity index (χ3n) is 3.66. The minimum Gasteiger partial charge on any atom is -0.381 e. The summed E-state index contributed by atoms with van der Waals surface area (Å²) in [5.74, 6) is 1.32. The van der Waals surface area contributed by atoms with E-state index in [1.54, 1.807) is 0 Å². The molecule has 0 N–H and O–H groups in total. The molecule has 2 atom stereocenters. The van der Waals surface area contributed by atoms with Crippen LogP contribution >= 0.6 is 11.6 Å². The van der Waals surface area contributed by atoms with Crippen molar-refractivity contribution in [3.05, 3.63) is 35.9 Å². The monoisotopic (exact) mass is 252 g/mol. The minimum absolute atomic E-state index is 0.138. The smallest absolute Gasteiger partial charge is 0.0610 e. The van der Waals surface area contributed by atoms with Gasteiger partial charge in [0.05, 0.1) is 5.38 Å². The number of benzene rings is 1. The molecule has 17 heavy (non-hydrogen) atoms. The van der Waals surface area contributed by atoms with Crippen LogP contribution in [0.4, 0.5) is 0 Å². The molecule has 1 nitrogen and oxygen atoms in total. The fourth-order valence-electron chi connectivity index (χ4n) is 2.59. The van der Waals surface area contributed by atoms with Gasteiger partial charge in [0, 0.05) is 13.2 Å². The topological polar surface area (TPSA) is 9.23 Å². The van der Waals surface area contributed by atoms with Crippen LogP contribution in [0.25, 0.3) is 0 Å². The second kappa shape index (κ2) is 6.42. The largest absolute Gasteiger partial charge is 0.381 e. The van der Waals surface area contributed by atoms with Crippen LogP contribution in [0, 0.1) is 11.8 Å². The lowest BCUT2D eigenvalue weighted by atomic mass is 9.86. The normalized spacial score (nSPS) is 21.1. The molecule has 0 bridgehead atoms.